The lowest BCUT2D eigenvalue weighted by Crippen LogP contribution is -2.47. The van der Waals surface area contributed by atoms with E-state index >= 15 is 0 Å². The van der Waals surface area contributed by atoms with Gasteiger partial charge in [-0.2, -0.15) is 17.5 Å². The minimum absolute atomic E-state index is 0.0585. The van der Waals surface area contributed by atoms with Crippen molar-refractivity contribution < 1.29 is 40.7 Å². The molecule has 0 bridgehead atoms. The van der Waals surface area contributed by atoms with Gasteiger partial charge in [0.25, 0.3) is 0 Å². The number of aliphatic carboxylic acids is 1. The van der Waals surface area contributed by atoms with Crippen LogP contribution in [0, 0.1) is 19.7 Å². The molecular weight excluding hydrogens is 518 g/mol. The number of sulfonamides is 1. The summed E-state index contributed by atoms with van der Waals surface area (Å²) >= 11 is 0. The van der Waals surface area contributed by atoms with Crippen LogP contribution < -0.4 is 5.32 Å². The molecule has 0 unspecified atom stereocenters. The molecule has 1 aliphatic rings. The van der Waals surface area contributed by atoms with Crippen LogP contribution in [0.25, 0.3) is 0 Å². The van der Waals surface area contributed by atoms with Crippen LogP contribution in [0.1, 0.15) is 23.1 Å². The van der Waals surface area contributed by atoms with Crippen molar-refractivity contribution in [2.75, 3.05) is 32.7 Å². The van der Waals surface area contributed by atoms with Crippen LogP contribution in [-0.2, 0) is 26.2 Å². The number of nitrogens with one attached hydrogen (secondary N) is 1. The summed E-state index contributed by atoms with van der Waals surface area (Å²) in [5.74, 6) is -3.19. The second kappa shape index (κ2) is 13.0. The number of amides is 1. The molecule has 1 aliphatic heterocycles. The van der Waals surface area contributed by atoms with E-state index in [9.17, 15) is 30.8 Å². The first-order valence-corrected chi connectivity index (χ1v) is 12.8. The van der Waals surface area contributed by atoms with E-state index in [1.807, 2.05) is 13.0 Å². The minimum Gasteiger partial charge on any atom is -0.475 e. The second-order valence-corrected chi connectivity index (χ2v) is 10.3. The van der Waals surface area contributed by atoms with Crippen molar-refractivity contribution in [1.82, 2.24) is 14.5 Å². The summed E-state index contributed by atoms with van der Waals surface area (Å²) in [6.45, 7) is 6.48. The fraction of sp³-hybridized carbons (Fsp3) is 0.417. The van der Waals surface area contributed by atoms with Gasteiger partial charge in [0.05, 0.1) is 4.90 Å². The first kappa shape index (κ1) is 30.2. The third kappa shape index (κ3) is 9.09. The van der Waals surface area contributed by atoms with Crippen LogP contribution in [0.2, 0.25) is 0 Å². The Morgan fingerprint density at radius 2 is 1.62 bits per heavy atom. The quantitative estimate of drug-likeness (QED) is 0.516. The molecule has 37 heavy (non-hydrogen) atoms. The fourth-order valence-corrected chi connectivity index (χ4v) is 5.23. The molecule has 8 nitrogen and oxygen atoms in total. The first-order chi connectivity index (χ1) is 17.2. The molecule has 0 atom stereocenters. The van der Waals surface area contributed by atoms with Crippen LogP contribution in [0.5, 0.6) is 0 Å². The number of carbonyl (C=O) groups is 2. The van der Waals surface area contributed by atoms with Gasteiger partial charge in [0, 0.05) is 45.7 Å². The number of alkyl halides is 3. The Bertz CT molecular complexity index is 1180. The van der Waals surface area contributed by atoms with Gasteiger partial charge in [-0.15, -0.1) is 0 Å². The maximum absolute atomic E-state index is 13.5. The van der Waals surface area contributed by atoms with E-state index in [0.717, 1.165) is 18.7 Å². The number of carbonyl (C=O) groups excluding carboxylic acids is 1. The second-order valence-electron chi connectivity index (χ2n) is 8.42. The van der Waals surface area contributed by atoms with E-state index in [0.29, 0.717) is 24.2 Å². The largest absolute Gasteiger partial charge is 0.490 e. The first-order valence-electron chi connectivity index (χ1n) is 11.3. The molecule has 1 fully saturated rings. The zero-order valence-electron chi connectivity index (χ0n) is 20.4. The number of carboxylic acid groups (broad SMARTS) is 1. The normalized spacial score (nSPS) is 14.2. The summed E-state index contributed by atoms with van der Waals surface area (Å²) in [5, 5.41) is 10.3. The average molecular weight is 548 g/mol. The summed E-state index contributed by atoms with van der Waals surface area (Å²) in [5.41, 5.74) is 2.16. The van der Waals surface area contributed by atoms with E-state index in [1.54, 1.807) is 36.1 Å². The number of halogens is 4. The van der Waals surface area contributed by atoms with E-state index in [2.05, 4.69) is 5.32 Å². The van der Waals surface area contributed by atoms with Gasteiger partial charge in [-0.3, -0.25) is 4.79 Å². The maximum atomic E-state index is 13.5. The van der Waals surface area contributed by atoms with E-state index in [4.69, 9.17) is 9.90 Å². The maximum Gasteiger partial charge on any atom is 0.490 e. The van der Waals surface area contributed by atoms with Gasteiger partial charge in [-0.25, -0.2) is 17.6 Å². The SMILES string of the molecule is Cc1ccc(C)c(S(=O)(=O)N(CCC(=O)N2CCNCC2)Cc2ccc(F)cc2)c1.O=C(O)C(F)(F)F. The zero-order chi connectivity index (χ0) is 27.8. The molecule has 0 radical (unpaired) electrons. The third-order valence-electron chi connectivity index (χ3n) is 5.52. The fourth-order valence-electron chi connectivity index (χ4n) is 3.49. The Morgan fingerprint density at radius 1 is 1.05 bits per heavy atom. The van der Waals surface area contributed by atoms with Crippen molar-refractivity contribution in [3.63, 3.8) is 0 Å². The molecule has 2 aromatic carbocycles. The summed E-state index contributed by atoms with van der Waals surface area (Å²) in [6.07, 6.45) is -4.98. The Balaban J connectivity index is 0.000000604. The van der Waals surface area contributed by atoms with Gasteiger partial charge in [-0.1, -0.05) is 24.3 Å². The Hall–Kier alpha value is -3.03. The van der Waals surface area contributed by atoms with Crippen LogP contribution in [0.4, 0.5) is 17.6 Å². The summed E-state index contributed by atoms with van der Waals surface area (Å²) in [4.78, 5) is 23.5. The molecule has 2 aromatic rings. The van der Waals surface area contributed by atoms with Crippen LogP contribution in [-0.4, -0.2) is 73.5 Å². The highest BCUT2D eigenvalue weighted by Crippen LogP contribution is 2.23. The topological polar surface area (TPSA) is 107 Å². The Kier molecular flexibility index (Phi) is 10.6. The van der Waals surface area contributed by atoms with Crippen LogP contribution in [0.15, 0.2) is 47.4 Å². The van der Waals surface area contributed by atoms with E-state index in [1.165, 1.54) is 16.4 Å². The highest BCUT2D eigenvalue weighted by Gasteiger charge is 2.38. The van der Waals surface area contributed by atoms with Gasteiger partial charge in [0.15, 0.2) is 0 Å². The van der Waals surface area contributed by atoms with Gasteiger partial charge in [0.2, 0.25) is 15.9 Å². The highest BCUT2D eigenvalue weighted by atomic mass is 32.2. The number of rotatable bonds is 7. The molecule has 0 saturated carbocycles. The molecule has 0 aromatic heterocycles. The third-order valence-corrected chi connectivity index (χ3v) is 7.51. The Morgan fingerprint density at radius 3 is 2.16 bits per heavy atom. The molecular formula is C24H29F4N3O5S. The van der Waals surface area contributed by atoms with Crippen molar-refractivity contribution in [1.29, 1.82) is 0 Å². The number of carboxylic acids is 1. The van der Waals surface area contributed by atoms with E-state index < -0.39 is 22.2 Å². The lowest BCUT2D eigenvalue weighted by atomic mass is 10.2. The molecule has 1 saturated heterocycles. The van der Waals surface area contributed by atoms with Gasteiger partial charge in [0.1, 0.15) is 5.82 Å². The summed E-state index contributed by atoms with van der Waals surface area (Å²) in [7, 11) is -3.83. The number of hydrogen-bond donors (Lipinski definition) is 2. The van der Waals surface area contributed by atoms with Crippen molar-refractivity contribution in [3.8, 4) is 0 Å². The smallest absolute Gasteiger partial charge is 0.475 e. The van der Waals surface area contributed by atoms with Gasteiger partial charge < -0.3 is 15.3 Å². The van der Waals surface area contributed by atoms with Crippen molar-refractivity contribution in [2.45, 2.75) is 37.9 Å². The number of hydrogen-bond acceptors (Lipinski definition) is 5. The molecule has 204 valence electrons. The van der Waals surface area contributed by atoms with E-state index in [-0.39, 0.29) is 36.1 Å². The van der Waals surface area contributed by atoms with Crippen molar-refractivity contribution in [3.05, 3.63) is 65.0 Å². The van der Waals surface area contributed by atoms with Crippen LogP contribution in [0.3, 0.4) is 0 Å². The van der Waals surface area contributed by atoms with Crippen molar-refractivity contribution in [2.24, 2.45) is 0 Å². The molecule has 0 aliphatic carbocycles. The highest BCUT2D eigenvalue weighted by molar-refractivity contribution is 7.89. The average Bonchev–Trinajstić information content (AvgIpc) is 2.84. The molecule has 1 heterocycles. The minimum atomic E-state index is -5.08. The zero-order valence-corrected chi connectivity index (χ0v) is 21.2. The lowest BCUT2D eigenvalue weighted by molar-refractivity contribution is -0.192. The van der Waals surface area contributed by atoms with Gasteiger partial charge >= 0.3 is 12.1 Å². The molecule has 0 spiro atoms. The standard InChI is InChI=1S/C22H28FN3O3S.C2HF3O2/c1-17-3-4-18(2)21(15-17)30(28,29)26(16-19-5-7-20(23)8-6-19)12-9-22(27)25-13-10-24-11-14-25;3-2(4,5)1(6)7/h3-8,15,24H,9-14,16H2,1-2H3;(H,6,7). The molecule has 3 rings (SSSR count). The number of nitrogens with zero attached hydrogens (tertiary/aromatic N) is 2. The predicted octanol–water partition coefficient (Wildman–Crippen LogP) is 3.09. The lowest BCUT2D eigenvalue weighted by Gasteiger charge is -2.29. The van der Waals surface area contributed by atoms with Crippen molar-refractivity contribution >= 4 is 21.9 Å². The molecule has 13 heteroatoms. The predicted molar refractivity (Wildman–Crippen MR) is 128 cm³/mol. The Labute approximate surface area is 212 Å². The monoisotopic (exact) mass is 547 g/mol. The summed E-state index contributed by atoms with van der Waals surface area (Å²) < 4.78 is 73.3. The number of piperazine rings is 1. The molecule has 1 amide bonds. The number of benzene rings is 2. The molecule has 2 N–H and O–H groups in total. The summed E-state index contributed by atoms with van der Waals surface area (Å²) in [6, 6.07) is 11.1. The van der Waals surface area contributed by atoms with Crippen LogP contribution >= 0.6 is 0 Å². The van der Waals surface area contributed by atoms with Gasteiger partial charge in [-0.05, 0) is 48.7 Å². The number of aryl methyl sites for hydroxylation is 2.